The highest BCUT2D eigenvalue weighted by Gasteiger charge is 2.41. The van der Waals surface area contributed by atoms with Crippen LogP contribution in [0.4, 0.5) is 0 Å². The molecule has 0 spiro atoms. The van der Waals surface area contributed by atoms with Gasteiger partial charge in [-0.25, -0.2) is 0 Å². The number of hydrogen-bond donors (Lipinski definition) is 8. The number of furan rings is 5. The van der Waals surface area contributed by atoms with Crippen LogP contribution in [-0.4, -0.2) is 40.9 Å². The summed E-state index contributed by atoms with van der Waals surface area (Å²) < 4.78 is 30.0. The van der Waals surface area contributed by atoms with E-state index in [-0.39, 0.29) is 96.1 Å². The number of aromatic hydroxyl groups is 8. The van der Waals surface area contributed by atoms with Gasteiger partial charge >= 0.3 is 0 Å². The quantitative estimate of drug-likeness (QED) is 0.0538. The Morgan fingerprint density at radius 3 is 1.31 bits per heavy atom. The molecule has 372 valence electrons. The zero-order valence-corrected chi connectivity index (χ0v) is 41.1. The number of rotatable bonds is 13. The van der Waals surface area contributed by atoms with Gasteiger partial charge in [0.15, 0.2) is 0 Å². The summed E-state index contributed by atoms with van der Waals surface area (Å²) in [6.07, 6.45) is 7.29. The van der Waals surface area contributed by atoms with Gasteiger partial charge in [0.05, 0.1) is 66.1 Å². The fourth-order valence-corrected chi connectivity index (χ4v) is 10.4. The van der Waals surface area contributed by atoms with Crippen LogP contribution in [0, 0.1) is 12.3 Å². The van der Waals surface area contributed by atoms with Gasteiger partial charge in [-0.15, -0.1) is 0 Å². The van der Waals surface area contributed by atoms with E-state index in [4.69, 9.17) is 22.1 Å². The van der Waals surface area contributed by atoms with Crippen LogP contribution in [0.5, 0.6) is 46.0 Å². The monoisotopic (exact) mass is 974 g/mol. The molecular formula is C59H58O13. The van der Waals surface area contributed by atoms with Crippen LogP contribution in [0.2, 0.25) is 0 Å². The molecule has 9 aromatic rings. The number of phenolic OH excluding ortho intramolecular Hbond substituents is 8. The van der Waals surface area contributed by atoms with Gasteiger partial charge in [0.2, 0.25) is 0 Å². The fraction of sp³-hybridized carbons (Fsp3) is 0.254. The normalized spacial score (nSPS) is 14.3. The predicted octanol–water partition coefficient (Wildman–Crippen LogP) is 13.8. The largest absolute Gasteiger partial charge is 0.508 e. The molecule has 0 saturated carbocycles. The Labute approximate surface area is 416 Å². The van der Waals surface area contributed by atoms with Crippen molar-refractivity contribution in [3.63, 3.8) is 0 Å². The van der Waals surface area contributed by atoms with E-state index in [1.54, 1.807) is 86.6 Å². The minimum atomic E-state index is -1.23. The topological polar surface area (TPSA) is 228 Å². The molecule has 0 aliphatic carbocycles. The van der Waals surface area contributed by atoms with E-state index in [0.29, 0.717) is 17.1 Å². The molecule has 5 heterocycles. The van der Waals surface area contributed by atoms with Gasteiger partial charge in [0.25, 0.3) is 0 Å². The van der Waals surface area contributed by atoms with E-state index in [1.807, 2.05) is 41.5 Å². The molecule has 13 nitrogen and oxygen atoms in total. The lowest BCUT2D eigenvalue weighted by atomic mass is 9.73. The summed E-state index contributed by atoms with van der Waals surface area (Å²) in [5.41, 5.74) is 0.145. The Morgan fingerprint density at radius 2 is 0.806 bits per heavy atom. The standard InChI is InChI=1S/C59H58O13/c1-30-28-33(56(66)50(52(30)62)46(41-16-11-25-70-41)32-19-21-38(61)49(53(32)63)51(59(6,7)8)43-18-13-27-72-43)45(40-15-10-24-69-40)34-29-35(55(65)44(54(34)64)31(2)39-14-9-23-68-39)47(42-17-12-26-71-42)48-37(60)22-20-36(57(48)67)58(3,4)5/h9-29,31,45-47,51,60-67H,1-8H3. The maximum Gasteiger partial charge on any atom is 0.127 e. The first kappa shape index (κ1) is 48.7. The van der Waals surface area contributed by atoms with E-state index in [1.165, 1.54) is 55.6 Å². The molecule has 0 saturated heterocycles. The summed E-state index contributed by atoms with van der Waals surface area (Å²) in [6.45, 7) is 15.0. The second-order valence-corrected chi connectivity index (χ2v) is 20.5. The fourth-order valence-electron chi connectivity index (χ4n) is 10.4. The van der Waals surface area contributed by atoms with Crippen molar-refractivity contribution in [1.82, 2.24) is 0 Å². The summed E-state index contributed by atoms with van der Waals surface area (Å²) in [6, 6.07) is 25.9. The molecule has 13 heteroatoms. The zero-order valence-electron chi connectivity index (χ0n) is 41.1. The van der Waals surface area contributed by atoms with Crippen LogP contribution in [0.3, 0.4) is 0 Å². The summed E-state index contributed by atoms with van der Waals surface area (Å²) >= 11 is 0. The first-order valence-corrected chi connectivity index (χ1v) is 23.6. The van der Waals surface area contributed by atoms with Gasteiger partial charge in [-0.1, -0.05) is 60.6 Å². The predicted molar refractivity (Wildman–Crippen MR) is 268 cm³/mol. The molecule has 0 aliphatic rings. The van der Waals surface area contributed by atoms with Crippen molar-refractivity contribution < 1.29 is 62.9 Å². The number of benzene rings is 4. The van der Waals surface area contributed by atoms with Crippen molar-refractivity contribution >= 4 is 0 Å². The molecule has 5 aromatic heterocycles. The molecule has 0 bridgehead atoms. The summed E-state index contributed by atoms with van der Waals surface area (Å²) in [5.74, 6) is -6.31. The van der Waals surface area contributed by atoms with Crippen molar-refractivity contribution in [1.29, 1.82) is 0 Å². The second kappa shape index (κ2) is 18.5. The Morgan fingerprint density at radius 1 is 0.389 bits per heavy atom. The summed E-state index contributed by atoms with van der Waals surface area (Å²) in [7, 11) is 0. The van der Waals surface area contributed by atoms with Gasteiger partial charge in [-0.3, -0.25) is 0 Å². The van der Waals surface area contributed by atoms with Crippen molar-refractivity contribution in [2.75, 3.05) is 0 Å². The highest BCUT2D eigenvalue weighted by molar-refractivity contribution is 5.70. The number of phenols is 8. The average molecular weight is 975 g/mol. The molecular weight excluding hydrogens is 917 g/mol. The van der Waals surface area contributed by atoms with Gasteiger partial charge in [-0.2, -0.15) is 0 Å². The van der Waals surface area contributed by atoms with E-state index >= 15 is 0 Å². The van der Waals surface area contributed by atoms with Crippen molar-refractivity contribution in [2.45, 2.75) is 90.4 Å². The summed E-state index contributed by atoms with van der Waals surface area (Å²) in [4.78, 5) is 0. The molecule has 5 unspecified atom stereocenters. The summed E-state index contributed by atoms with van der Waals surface area (Å²) in [5, 5.41) is 99.0. The average Bonchev–Trinajstić information content (AvgIpc) is 4.18. The van der Waals surface area contributed by atoms with Crippen LogP contribution >= 0.6 is 0 Å². The first-order valence-electron chi connectivity index (χ1n) is 23.6. The Balaban J connectivity index is 1.35. The third-order valence-corrected chi connectivity index (χ3v) is 13.8. The van der Waals surface area contributed by atoms with Crippen LogP contribution in [0.25, 0.3) is 0 Å². The number of hydrogen-bond acceptors (Lipinski definition) is 13. The molecule has 0 radical (unpaired) electrons. The highest BCUT2D eigenvalue weighted by atomic mass is 16.3. The Kier molecular flexibility index (Phi) is 12.5. The molecule has 0 fully saturated rings. The maximum absolute atomic E-state index is 13.1. The van der Waals surface area contributed by atoms with Crippen molar-refractivity contribution in [2.24, 2.45) is 5.41 Å². The van der Waals surface area contributed by atoms with Crippen LogP contribution < -0.4 is 0 Å². The van der Waals surface area contributed by atoms with E-state index in [0.717, 1.165) is 0 Å². The van der Waals surface area contributed by atoms with Crippen molar-refractivity contribution in [3.05, 3.63) is 213 Å². The third-order valence-electron chi connectivity index (χ3n) is 13.8. The van der Waals surface area contributed by atoms with Crippen molar-refractivity contribution in [3.8, 4) is 46.0 Å². The maximum atomic E-state index is 13.1. The van der Waals surface area contributed by atoms with Crippen LogP contribution in [0.1, 0.15) is 162 Å². The van der Waals surface area contributed by atoms with Gasteiger partial charge in [0.1, 0.15) is 74.8 Å². The van der Waals surface area contributed by atoms with E-state index in [9.17, 15) is 40.9 Å². The Hall–Kier alpha value is -8.32. The minimum absolute atomic E-state index is 0.00620. The highest BCUT2D eigenvalue weighted by Crippen LogP contribution is 2.58. The van der Waals surface area contributed by atoms with E-state index < -0.39 is 57.7 Å². The lowest BCUT2D eigenvalue weighted by Gasteiger charge is -2.32. The first-order chi connectivity index (χ1) is 34.2. The molecule has 9 rings (SSSR count). The van der Waals surface area contributed by atoms with Gasteiger partial charge in [-0.05, 0) is 114 Å². The third kappa shape index (κ3) is 8.37. The molecule has 72 heavy (non-hydrogen) atoms. The van der Waals surface area contributed by atoms with Gasteiger partial charge in [0, 0.05) is 39.3 Å². The lowest BCUT2D eigenvalue weighted by molar-refractivity contribution is 0.297. The minimum Gasteiger partial charge on any atom is -0.508 e. The molecule has 8 N–H and O–H groups in total. The van der Waals surface area contributed by atoms with Gasteiger partial charge < -0.3 is 62.9 Å². The smallest absolute Gasteiger partial charge is 0.127 e. The number of aryl methyl sites for hydroxylation is 1. The lowest BCUT2D eigenvalue weighted by Crippen LogP contribution is -2.20. The second-order valence-electron chi connectivity index (χ2n) is 20.5. The Bertz CT molecular complexity index is 3330. The van der Waals surface area contributed by atoms with Crippen LogP contribution in [0.15, 0.2) is 150 Å². The van der Waals surface area contributed by atoms with Crippen LogP contribution in [-0.2, 0) is 5.41 Å². The molecule has 4 aromatic carbocycles. The molecule has 5 atom stereocenters. The van der Waals surface area contributed by atoms with E-state index in [2.05, 4.69) is 0 Å². The zero-order chi connectivity index (χ0) is 51.6. The molecule has 0 amide bonds. The molecule has 0 aliphatic heterocycles. The SMILES string of the molecule is Cc1cc(C(c2ccco2)c2cc(C(c3ccco3)c3c(O)ccc(C(C)(C)C)c3O)c(O)c(C(C)c3ccco3)c2O)c(O)c(C(c2ccco2)c2ccc(O)c(C(c3ccco3)C(C)(C)C)c2O)c1O.